The minimum absolute atomic E-state index is 0.175. The molecule has 0 aromatic heterocycles. The molecule has 2 rings (SSSR count). The lowest BCUT2D eigenvalue weighted by atomic mass is 10.1. The summed E-state index contributed by atoms with van der Waals surface area (Å²) >= 11 is 5.93. The van der Waals surface area contributed by atoms with Gasteiger partial charge in [-0.05, 0) is 36.4 Å². The Morgan fingerprint density at radius 3 is 2.60 bits per heavy atom. The zero-order valence-corrected chi connectivity index (χ0v) is 13.7. The van der Waals surface area contributed by atoms with Crippen molar-refractivity contribution < 1.29 is 19.4 Å². The van der Waals surface area contributed by atoms with Crippen molar-refractivity contribution in [3.05, 3.63) is 64.7 Å². The molecule has 126 valence electrons. The van der Waals surface area contributed by atoms with Gasteiger partial charge in [0.15, 0.2) is 6.61 Å². The molecule has 1 amide bonds. The second-order valence-electron chi connectivity index (χ2n) is 4.85. The van der Waals surface area contributed by atoms with E-state index in [-0.39, 0.29) is 11.3 Å². The third kappa shape index (κ3) is 5.37. The SMILES string of the molecule is N#C/C(=C\c1cc(Cl)ccc1OCC(=O)O)C(=O)Nc1ccccc1. The quantitative estimate of drug-likeness (QED) is 0.610. The van der Waals surface area contributed by atoms with Crippen molar-refractivity contribution in [3.8, 4) is 11.8 Å². The van der Waals surface area contributed by atoms with Crippen LogP contribution in [0.5, 0.6) is 5.75 Å². The molecule has 2 aromatic carbocycles. The summed E-state index contributed by atoms with van der Waals surface area (Å²) in [5, 5.41) is 20.9. The van der Waals surface area contributed by atoms with Gasteiger partial charge in [0.2, 0.25) is 0 Å². The number of para-hydroxylation sites is 1. The van der Waals surface area contributed by atoms with Gasteiger partial charge < -0.3 is 15.2 Å². The molecule has 0 atom stereocenters. The van der Waals surface area contributed by atoms with E-state index in [0.717, 1.165) is 0 Å². The Kier molecular flexibility index (Phi) is 6.15. The summed E-state index contributed by atoms with van der Waals surface area (Å²) in [6.45, 7) is -0.555. The van der Waals surface area contributed by atoms with Crippen LogP contribution >= 0.6 is 11.6 Å². The van der Waals surface area contributed by atoms with Crippen LogP contribution in [-0.2, 0) is 9.59 Å². The van der Waals surface area contributed by atoms with E-state index in [2.05, 4.69) is 5.32 Å². The van der Waals surface area contributed by atoms with E-state index in [1.165, 1.54) is 24.3 Å². The number of nitrogens with one attached hydrogen (secondary N) is 1. The highest BCUT2D eigenvalue weighted by molar-refractivity contribution is 6.30. The summed E-state index contributed by atoms with van der Waals surface area (Å²) < 4.78 is 5.15. The second kappa shape index (κ2) is 8.52. The first-order valence-electron chi connectivity index (χ1n) is 7.12. The van der Waals surface area contributed by atoms with Gasteiger partial charge in [0.1, 0.15) is 17.4 Å². The molecule has 0 bridgehead atoms. The number of hydrogen-bond donors (Lipinski definition) is 2. The first-order valence-corrected chi connectivity index (χ1v) is 7.49. The number of carbonyl (C=O) groups excluding carboxylic acids is 1. The number of aliphatic carboxylic acids is 1. The van der Waals surface area contributed by atoms with Crippen LogP contribution < -0.4 is 10.1 Å². The number of ether oxygens (including phenoxy) is 1. The highest BCUT2D eigenvalue weighted by atomic mass is 35.5. The van der Waals surface area contributed by atoms with Gasteiger partial charge in [0.05, 0.1) is 0 Å². The predicted octanol–water partition coefficient (Wildman–Crippen LogP) is 3.35. The molecule has 0 radical (unpaired) electrons. The van der Waals surface area contributed by atoms with Gasteiger partial charge in [-0.2, -0.15) is 5.26 Å². The number of nitriles is 1. The van der Waals surface area contributed by atoms with Gasteiger partial charge in [0, 0.05) is 16.3 Å². The Labute approximate surface area is 148 Å². The van der Waals surface area contributed by atoms with E-state index in [9.17, 15) is 14.9 Å². The van der Waals surface area contributed by atoms with Crippen molar-refractivity contribution in [2.45, 2.75) is 0 Å². The van der Waals surface area contributed by atoms with Crippen molar-refractivity contribution >= 4 is 35.2 Å². The summed E-state index contributed by atoms with van der Waals surface area (Å²) in [7, 11) is 0. The lowest BCUT2D eigenvalue weighted by Gasteiger charge is -2.09. The Morgan fingerprint density at radius 2 is 1.96 bits per heavy atom. The third-order valence-corrected chi connectivity index (χ3v) is 3.25. The van der Waals surface area contributed by atoms with Gasteiger partial charge in [-0.15, -0.1) is 0 Å². The minimum atomic E-state index is -1.15. The highest BCUT2D eigenvalue weighted by Crippen LogP contribution is 2.25. The van der Waals surface area contributed by atoms with E-state index in [4.69, 9.17) is 21.4 Å². The fourth-order valence-corrected chi connectivity index (χ4v) is 2.11. The van der Waals surface area contributed by atoms with Gasteiger partial charge in [-0.3, -0.25) is 4.79 Å². The maximum Gasteiger partial charge on any atom is 0.341 e. The molecule has 0 unspecified atom stereocenters. The number of carboxylic acid groups (broad SMARTS) is 1. The number of amides is 1. The van der Waals surface area contributed by atoms with Crippen molar-refractivity contribution in [1.29, 1.82) is 5.26 Å². The molecule has 0 aliphatic carbocycles. The minimum Gasteiger partial charge on any atom is -0.481 e. The van der Waals surface area contributed by atoms with Gasteiger partial charge in [-0.25, -0.2) is 4.79 Å². The molecule has 2 aromatic rings. The first kappa shape index (κ1) is 18.0. The maximum absolute atomic E-state index is 12.2. The Bertz CT molecular complexity index is 857. The summed E-state index contributed by atoms with van der Waals surface area (Å²) in [5.74, 6) is -1.54. The van der Waals surface area contributed by atoms with Crippen LogP contribution in [0.25, 0.3) is 6.08 Å². The van der Waals surface area contributed by atoms with Gasteiger partial charge >= 0.3 is 5.97 Å². The summed E-state index contributed by atoms with van der Waals surface area (Å²) in [6.07, 6.45) is 1.29. The van der Waals surface area contributed by atoms with Crippen molar-refractivity contribution in [3.63, 3.8) is 0 Å². The normalized spacial score (nSPS) is 10.6. The maximum atomic E-state index is 12.2. The molecule has 2 N–H and O–H groups in total. The van der Waals surface area contributed by atoms with Crippen molar-refractivity contribution in [1.82, 2.24) is 0 Å². The molecule has 0 fully saturated rings. The molecule has 0 aliphatic rings. The van der Waals surface area contributed by atoms with Crippen LogP contribution in [0.1, 0.15) is 5.56 Å². The molecule has 0 saturated carbocycles. The van der Waals surface area contributed by atoms with Crippen LogP contribution in [0, 0.1) is 11.3 Å². The average Bonchev–Trinajstić information content (AvgIpc) is 2.59. The topological polar surface area (TPSA) is 99.4 Å². The van der Waals surface area contributed by atoms with Crippen molar-refractivity contribution in [2.75, 3.05) is 11.9 Å². The number of carbonyl (C=O) groups is 2. The van der Waals surface area contributed by atoms with E-state index in [0.29, 0.717) is 16.3 Å². The zero-order chi connectivity index (χ0) is 18.2. The zero-order valence-electron chi connectivity index (χ0n) is 12.9. The number of benzene rings is 2. The fraction of sp³-hybridized carbons (Fsp3) is 0.0556. The summed E-state index contributed by atoms with van der Waals surface area (Å²) in [4.78, 5) is 22.9. The third-order valence-electron chi connectivity index (χ3n) is 3.02. The number of rotatable bonds is 6. The van der Waals surface area contributed by atoms with E-state index in [1.807, 2.05) is 6.07 Å². The largest absolute Gasteiger partial charge is 0.481 e. The van der Waals surface area contributed by atoms with Crippen LogP contribution in [0.2, 0.25) is 5.02 Å². The first-order chi connectivity index (χ1) is 12.0. The van der Waals surface area contributed by atoms with Gasteiger partial charge in [-0.1, -0.05) is 29.8 Å². The molecule has 25 heavy (non-hydrogen) atoms. The lowest BCUT2D eigenvalue weighted by Crippen LogP contribution is -2.13. The number of carboxylic acids is 1. The number of hydrogen-bond acceptors (Lipinski definition) is 4. The number of anilines is 1. The molecular formula is C18H13ClN2O4. The number of halogens is 1. The van der Waals surface area contributed by atoms with Crippen LogP contribution in [-0.4, -0.2) is 23.6 Å². The molecule has 0 heterocycles. The molecular weight excluding hydrogens is 344 g/mol. The van der Waals surface area contributed by atoms with Crippen LogP contribution in [0.4, 0.5) is 5.69 Å². The van der Waals surface area contributed by atoms with Crippen LogP contribution in [0.15, 0.2) is 54.1 Å². The van der Waals surface area contributed by atoms with E-state index in [1.54, 1.807) is 30.3 Å². The van der Waals surface area contributed by atoms with Gasteiger partial charge in [0.25, 0.3) is 5.91 Å². The Hall–Kier alpha value is -3.30. The Balaban J connectivity index is 2.29. The smallest absolute Gasteiger partial charge is 0.341 e. The molecule has 0 saturated heterocycles. The molecule has 6 nitrogen and oxygen atoms in total. The van der Waals surface area contributed by atoms with Crippen molar-refractivity contribution in [2.24, 2.45) is 0 Å². The Morgan fingerprint density at radius 1 is 1.24 bits per heavy atom. The van der Waals surface area contributed by atoms with Crippen LogP contribution in [0.3, 0.4) is 0 Å². The standard InChI is InChI=1S/C18H13ClN2O4/c19-14-6-7-16(25-11-17(22)23)12(9-14)8-13(10-20)18(24)21-15-4-2-1-3-5-15/h1-9H,11H2,(H,21,24)(H,22,23)/b13-8+. The highest BCUT2D eigenvalue weighted by Gasteiger charge is 2.12. The predicted molar refractivity (Wildman–Crippen MR) is 93.2 cm³/mol. The monoisotopic (exact) mass is 356 g/mol. The number of nitrogens with zero attached hydrogens (tertiary/aromatic N) is 1. The van der Waals surface area contributed by atoms with E-state index < -0.39 is 18.5 Å². The molecule has 0 aliphatic heterocycles. The summed E-state index contributed by atoms with van der Waals surface area (Å²) in [5.41, 5.74) is 0.696. The molecule has 0 spiro atoms. The average molecular weight is 357 g/mol. The van der Waals surface area contributed by atoms with E-state index >= 15 is 0 Å². The lowest BCUT2D eigenvalue weighted by molar-refractivity contribution is -0.139. The summed E-state index contributed by atoms with van der Waals surface area (Å²) in [6, 6.07) is 15.0. The molecule has 7 heteroatoms. The fourth-order valence-electron chi connectivity index (χ4n) is 1.93. The second-order valence-corrected chi connectivity index (χ2v) is 5.29.